The molecule has 1 heterocycles. The molecular formula is C19H20N4O3. The molecule has 0 amide bonds. The molecule has 1 aromatic heterocycles. The van der Waals surface area contributed by atoms with Gasteiger partial charge in [0.25, 0.3) is 0 Å². The summed E-state index contributed by atoms with van der Waals surface area (Å²) in [6, 6.07) is 14.4. The Kier molecular flexibility index (Phi) is 5.58. The van der Waals surface area contributed by atoms with E-state index in [0.29, 0.717) is 23.7 Å². The minimum Gasteiger partial charge on any atom is -0.497 e. The first kappa shape index (κ1) is 17.6. The van der Waals surface area contributed by atoms with Gasteiger partial charge in [0.05, 0.1) is 13.7 Å². The van der Waals surface area contributed by atoms with Crippen LogP contribution in [0.5, 0.6) is 11.5 Å². The van der Waals surface area contributed by atoms with Crippen LogP contribution < -0.4 is 9.47 Å². The van der Waals surface area contributed by atoms with Gasteiger partial charge >= 0.3 is 0 Å². The number of hydrogen-bond donors (Lipinski definition) is 0. The molecule has 0 atom stereocenters. The van der Waals surface area contributed by atoms with E-state index in [0.717, 1.165) is 17.7 Å². The van der Waals surface area contributed by atoms with Gasteiger partial charge in [0.1, 0.15) is 18.0 Å². The van der Waals surface area contributed by atoms with Gasteiger partial charge in [0.15, 0.2) is 5.78 Å². The molecule has 0 aliphatic heterocycles. The van der Waals surface area contributed by atoms with Gasteiger partial charge in [0, 0.05) is 11.1 Å². The summed E-state index contributed by atoms with van der Waals surface area (Å²) in [5.74, 6) is 1.88. The molecule has 0 saturated carbocycles. The van der Waals surface area contributed by atoms with Gasteiger partial charge in [-0.2, -0.15) is 4.80 Å². The summed E-state index contributed by atoms with van der Waals surface area (Å²) in [6.45, 7) is 2.77. The summed E-state index contributed by atoms with van der Waals surface area (Å²) in [4.78, 5) is 13.6. The second-order valence-electron chi connectivity index (χ2n) is 5.67. The number of ether oxygens (including phenoxy) is 2. The molecule has 0 unspecified atom stereocenters. The molecule has 0 fully saturated rings. The Morgan fingerprint density at radius 1 is 1.04 bits per heavy atom. The number of nitrogens with zero attached hydrogens (tertiary/aromatic N) is 4. The topological polar surface area (TPSA) is 79.1 Å². The molecule has 7 heteroatoms. The second-order valence-corrected chi connectivity index (χ2v) is 5.67. The van der Waals surface area contributed by atoms with E-state index >= 15 is 0 Å². The maximum atomic E-state index is 12.3. The van der Waals surface area contributed by atoms with Crippen molar-refractivity contribution in [3.8, 4) is 22.9 Å². The maximum absolute atomic E-state index is 12.3. The Labute approximate surface area is 151 Å². The number of hydrogen-bond acceptors (Lipinski definition) is 6. The van der Waals surface area contributed by atoms with Crippen LogP contribution in [0.1, 0.15) is 23.7 Å². The van der Waals surface area contributed by atoms with Crippen LogP contribution in [0, 0.1) is 0 Å². The van der Waals surface area contributed by atoms with E-state index in [2.05, 4.69) is 22.3 Å². The third-order valence-corrected chi connectivity index (χ3v) is 3.74. The molecule has 0 spiro atoms. The number of carbonyl (C=O) groups is 1. The van der Waals surface area contributed by atoms with Crippen LogP contribution in [0.2, 0.25) is 0 Å². The average molecular weight is 352 g/mol. The fourth-order valence-corrected chi connectivity index (χ4v) is 2.34. The van der Waals surface area contributed by atoms with Gasteiger partial charge in [-0.15, -0.1) is 10.2 Å². The normalized spacial score (nSPS) is 10.5. The summed E-state index contributed by atoms with van der Waals surface area (Å²) in [7, 11) is 1.58. The summed E-state index contributed by atoms with van der Waals surface area (Å²) >= 11 is 0. The smallest absolute Gasteiger partial charge is 0.204 e. The van der Waals surface area contributed by atoms with Crippen LogP contribution >= 0.6 is 0 Å². The molecule has 26 heavy (non-hydrogen) atoms. The number of aromatic nitrogens is 4. The minimum atomic E-state index is -0.0973. The highest BCUT2D eigenvalue weighted by molar-refractivity contribution is 5.95. The molecule has 3 aromatic rings. The number of Topliss-reactive ketones (excluding diaryl/α,β-unsaturated/α-hetero) is 1. The predicted molar refractivity (Wildman–Crippen MR) is 96.4 cm³/mol. The molecule has 0 saturated heterocycles. The highest BCUT2D eigenvalue weighted by atomic mass is 16.5. The van der Waals surface area contributed by atoms with Crippen LogP contribution in [0.4, 0.5) is 0 Å². The number of ketones is 1. The van der Waals surface area contributed by atoms with Gasteiger partial charge in [-0.3, -0.25) is 4.79 Å². The van der Waals surface area contributed by atoms with E-state index in [1.54, 1.807) is 31.4 Å². The van der Waals surface area contributed by atoms with Gasteiger partial charge < -0.3 is 9.47 Å². The zero-order valence-electron chi connectivity index (χ0n) is 14.8. The van der Waals surface area contributed by atoms with Crippen LogP contribution in [0.3, 0.4) is 0 Å². The number of methoxy groups -OCH3 is 1. The first-order valence-corrected chi connectivity index (χ1v) is 8.38. The van der Waals surface area contributed by atoms with Crippen molar-refractivity contribution < 1.29 is 14.3 Å². The Morgan fingerprint density at radius 2 is 1.73 bits per heavy atom. The average Bonchev–Trinajstić information content (AvgIpc) is 3.15. The number of benzene rings is 2. The highest BCUT2D eigenvalue weighted by Crippen LogP contribution is 2.19. The zero-order chi connectivity index (χ0) is 18.4. The van der Waals surface area contributed by atoms with Crippen molar-refractivity contribution in [3.05, 3.63) is 54.1 Å². The monoisotopic (exact) mass is 352 g/mol. The van der Waals surface area contributed by atoms with Crippen molar-refractivity contribution in [2.75, 3.05) is 13.7 Å². The van der Waals surface area contributed by atoms with Crippen molar-refractivity contribution in [3.63, 3.8) is 0 Å². The fourth-order valence-electron chi connectivity index (χ4n) is 2.34. The van der Waals surface area contributed by atoms with E-state index in [4.69, 9.17) is 9.47 Å². The quantitative estimate of drug-likeness (QED) is 0.580. The molecule has 0 radical (unpaired) electrons. The van der Waals surface area contributed by atoms with Gasteiger partial charge in [-0.25, -0.2) is 0 Å². The minimum absolute atomic E-state index is 0.0248. The summed E-state index contributed by atoms with van der Waals surface area (Å²) in [6.07, 6.45) is 0.958. The molecule has 0 aliphatic carbocycles. The van der Waals surface area contributed by atoms with Crippen molar-refractivity contribution in [2.45, 2.75) is 19.9 Å². The largest absolute Gasteiger partial charge is 0.497 e. The van der Waals surface area contributed by atoms with Crippen molar-refractivity contribution in [2.24, 2.45) is 0 Å². The molecule has 0 bridgehead atoms. The van der Waals surface area contributed by atoms with E-state index in [9.17, 15) is 4.79 Å². The third-order valence-electron chi connectivity index (χ3n) is 3.74. The van der Waals surface area contributed by atoms with E-state index in [1.807, 2.05) is 24.3 Å². The zero-order valence-corrected chi connectivity index (χ0v) is 14.8. The number of tetrazole rings is 1. The third kappa shape index (κ3) is 4.24. The first-order chi connectivity index (χ1) is 12.7. The lowest BCUT2D eigenvalue weighted by Crippen LogP contribution is -2.13. The maximum Gasteiger partial charge on any atom is 0.204 e. The van der Waals surface area contributed by atoms with Crippen LogP contribution in [0.25, 0.3) is 11.4 Å². The van der Waals surface area contributed by atoms with Gasteiger partial charge in [-0.05, 0) is 60.2 Å². The van der Waals surface area contributed by atoms with Crippen molar-refractivity contribution in [1.29, 1.82) is 0 Å². The van der Waals surface area contributed by atoms with Crippen LogP contribution in [-0.2, 0) is 6.54 Å². The number of carbonyl (C=O) groups excluding carboxylic acids is 1. The summed E-state index contributed by atoms with van der Waals surface area (Å²) < 4.78 is 10.6. The highest BCUT2D eigenvalue weighted by Gasteiger charge is 2.11. The Morgan fingerprint density at radius 3 is 2.38 bits per heavy atom. The lowest BCUT2D eigenvalue weighted by molar-refractivity contribution is 0.0961. The standard InChI is InChI=1S/C19H20N4O3/c1-3-12-26-17-10-6-15(7-11-17)19-20-22-23(21-19)13-18(24)14-4-8-16(25-2)9-5-14/h4-11H,3,12-13H2,1-2H3. The second kappa shape index (κ2) is 8.24. The lowest BCUT2D eigenvalue weighted by Gasteiger charge is -2.04. The van der Waals surface area contributed by atoms with Crippen molar-refractivity contribution >= 4 is 5.78 Å². The molecule has 134 valence electrons. The van der Waals surface area contributed by atoms with Gasteiger partial charge in [-0.1, -0.05) is 6.92 Å². The Balaban J connectivity index is 1.66. The van der Waals surface area contributed by atoms with Crippen LogP contribution in [0.15, 0.2) is 48.5 Å². The first-order valence-electron chi connectivity index (χ1n) is 8.38. The molecule has 3 rings (SSSR count). The Bertz CT molecular complexity index is 857. The molecule has 0 aliphatic rings. The lowest BCUT2D eigenvalue weighted by atomic mass is 10.1. The number of rotatable bonds is 8. The van der Waals surface area contributed by atoms with E-state index < -0.39 is 0 Å². The van der Waals surface area contributed by atoms with Gasteiger partial charge in [0.2, 0.25) is 5.82 Å². The Hall–Kier alpha value is -3.22. The van der Waals surface area contributed by atoms with E-state index in [-0.39, 0.29) is 12.3 Å². The SMILES string of the molecule is CCCOc1ccc(-c2nnn(CC(=O)c3ccc(OC)cc3)n2)cc1. The predicted octanol–water partition coefficient (Wildman–Crippen LogP) is 3.02. The molecule has 0 N–H and O–H groups in total. The molecule has 2 aromatic carbocycles. The van der Waals surface area contributed by atoms with Crippen LogP contribution in [-0.4, -0.2) is 39.7 Å². The summed E-state index contributed by atoms with van der Waals surface area (Å²) in [5, 5.41) is 12.3. The summed E-state index contributed by atoms with van der Waals surface area (Å²) in [5.41, 5.74) is 1.39. The van der Waals surface area contributed by atoms with Crippen molar-refractivity contribution in [1.82, 2.24) is 20.2 Å². The fraction of sp³-hybridized carbons (Fsp3) is 0.263. The molecule has 7 nitrogen and oxygen atoms in total. The molecular weight excluding hydrogens is 332 g/mol. The van der Waals surface area contributed by atoms with E-state index in [1.165, 1.54) is 4.80 Å².